The SMILES string of the molecule is C=CCNCC(=O)NC(C)c1ccc(OC)c(OC)c1. The van der Waals surface area contributed by atoms with E-state index in [2.05, 4.69) is 17.2 Å². The van der Waals surface area contributed by atoms with Crippen LogP contribution in [0.15, 0.2) is 30.9 Å². The molecule has 0 fully saturated rings. The highest BCUT2D eigenvalue weighted by Gasteiger charge is 2.12. The van der Waals surface area contributed by atoms with Gasteiger partial charge in [0.1, 0.15) is 0 Å². The average molecular weight is 278 g/mol. The molecule has 0 aliphatic heterocycles. The second kappa shape index (κ2) is 8.22. The molecule has 1 amide bonds. The zero-order valence-electron chi connectivity index (χ0n) is 12.2. The van der Waals surface area contributed by atoms with E-state index in [-0.39, 0.29) is 18.5 Å². The lowest BCUT2D eigenvalue weighted by atomic mass is 10.1. The summed E-state index contributed by atoms with van der Waals surface area (Å²) >= 11 is 0. The Morgan fingerprint density at radius 1 is 1.35 bits per heavy atom. The summed E-state index contributed by atoms with van der Waals surface area (Å²) in [5, 5.41) is 5.87. The van der Waals surface area contributed by atoms with Crippen LogP contribution in [0.25, 0.3) is 0 Å². The number of carbonyl (C=O) groups excluding carboxylic acids is 1. The number of hydrogen-bond donors (Lipinski definition) is 2. The van der Waals surface area contributed by atoms with Crippen molar-refractivity contribution >= 4 is 5.91 Å². The number of benzene rings is 1. The van der Waals surface area contributed by atoms with Crippen LogP contribution >= 0.6 is 0 Å². The van der Waals surface area contributed by atoms with Crippen molar-refractivity contribution in [1.82, 2.24) is 10.6 Å². The number of nitrogens with one attached hydrogen (secondary N) is 2. The van der Waals surface area contributed by atoms with Gasteiger partial charge >= 0.3 is 0 Å². The molecule has 0 radical (unpaired) electrons. The van der Waals surface area contributed by atoms with Gasteiger partial charge in [-0.3, -0.25) is 4.79 Å². The highest BCUT2D eigenvalue weighted by Crippen LogP contribution is 2.29. The summed E-state index contributed by atoms with van der Waals surface area (Å²) in [6.45, 7) is 6.38. The molecule has 20 heavy (non-hydrogen) atoms. The van der Waals surface area contributed by atoms with Crippen molar-refractivity contribution in [3.8, 4) is 11.5 Å². The van der Waals surface area contributed by atoms with Crippen LogP contribution < -0.4 is 20.1 Å². The maximum atomic E-state index is 11.7. The second-order valence-electron chi connectivity index (χ2n) is 4.32. The fourth-order valence-electron chi connectivity index (χ4n) is 1.79. The van der Waals surface area contributed by atoms with Crippen molar-refractivity contribution in [2.24, 2.45) is 0 Å². The Hall–Kier alpha value is -2.01. The van der Waals surface area contributed by atoms with Crippen LogP contribution in [0.1, 0.15) is 18.5 Å². The standard InChI is InChI=1S/C15H22N2O3/c1-5-8-16-10-15(18)17-11(2)12-6-7-13(19-3)14(9-12)20-4/h5-7,9,11,16H,1,8,10H2,2-4H3,(H,17,18). The Labute approximate surface area is 120 Å². The Kier molecular flexibility index (Phi) is 6.59. The number of carbonyl (C=O) groups is 1. The molecule has 0 aliphatic rings. The Morgan fingerprint density at radius 3 is 2.65 bits per heavy atom. The van der Waals surface area contributed by atoms with Crippen molar-refractivity contribution in [3.63, 3.8) is 0 Å². The number of ether oxygens (including phenoxy) is 2. The molecule has 1 rings (SSSR count). The van der Waals surface area contributed by atoms with Gasteiger partial charge in [-0.05, 0) is 24.6 Å². The molecule has 1 unspecified atom stereocenters. The van der Waals surface area contributed by atoms with Gasteiger partial charge in [-0.25, -0.2) is 0 Å². The molecular weight excluding hydrogens is 256 g/mol. The zero-order chi connectivity index (χ0) is 15.0. The molecule has 5 heteroatoms. The Bertz CT molecular complexity index is 460. The van der Waals surface area contributed by atoms with E-state index >= 15 is 0 Å². The van der Waals surface area contributed by atoms with E-state index < -0.39 is 0 Å². The first-order valence-corrected chi connectivity index (χ1v) is 6.45. The smallest absolute Gasteiger partial charge is 0.234 e. The summed E-state index contributed by atoms with van der Waals surface area (Å²) in [4.78, 5) is 11.7. The van der Waals surface area contributed by atoms with Crippen LogP contribution in [-0.4, -0.2) is 33.2 Å². The van der Waals surface area contributed by atoms with Gasteiger partial charge in [0.05, 0.1) is 26.8 Å². The van der Waals surface area contributed by atoms with Crippen molar-refractivity contribution in [1.29, 1.82) is 0 Å². The number of methoxy groups -OCH3 is 2. The van der Waals surface area contributed by atoms with E-state index in [1.807, 2.05) is 25.1 Å². The van der Waals surface area contributed by atoms with Gasteiger partial charge in [-0.2, -0.15) is 0 Å². The lowest BCUT2D eigenvalue weighted by Gasteiger charge is -2.16. The highest BCUT2D eigenvalue weighted by molar-refractivity contribution is 5.78. The van der Waals surface area contributed by atoms with Gasteiger partial charge in [0, 0.05) is 6.54 Å². The van der Waals surface area contributed by atoms with Gasteiger partial charge in [0.15, 0.2) is 11.5 Å². The van der Waals surface area contributed by atoms with Crippen molar-refractivity contribution in [3.05, 3.63) is 36.4 Å². The quantitative estimate of drug-likeness (QED) is 0.561. The molecule has 1 aromatic carbocycles. The normalized spacial score (nSPS) is 11.6. The number of amides is 1. The topological polar surface area (TPSA) is 59.6 Å². The number of rotatable bonds is 8. The van der Waals surface area contributed by atoms with E-state index in [0.29, 0.717) is 18.0 Å². The molecule has 0 heterocycles. The predicted octanol–water partition coefficient (Wildman–Crippen LogP) is 1.66. The lowest BCUT2D eigenvalue weighted by Crippen LogP contribution is -2.35. The Morgan fingerprint density at radius 2 is 2.05 bits per heavy atom. The van der Waals surface area contributed by atoms with E-state index in [1.54, 1.807) is 20.3 Å². The first kappa shape index (κ1) is 16.0. The van der Waals surface area contributed by atoms with Crippen LogP contribution in [0.2, 0.25) is 0 Å². The second-order valence-corrected chi connectivity index (χ2v) is 4.32. The molecule has 5 nitrogen and oxygen atoms in total. The third-order valence-electron chi connectivity index (χ3n) is 2.86. The summed E-state index contributed by atoms with van der Waals surface area (Å²) in [5.74, 6) is 1.26. The molecule has 0 saturated heterocycles. The van der Waals surface area contributed by atoms with E-state index in [4.69, 9.17) is 9.47 Å². The van der Waals surface area contributed by atoms with Crippen LogP contribution in [-0.2, 0) is 4.79 Å². The zero-order valence-corrected chi connectivity index (χ0v) is 12.2. The summed E-state index contributed by atoms with van der Waals surface area (Å²) in [6.07, 6.45) is 1.71. The van der Waals surface area contributed by atoms with Gasteiger partial charge in [0.25, 0.3) is 0 Å². The molecule has 0 saturated carbocycles. The van der Waals surface area contributed by atoms with Crippen LogP contribution in [0.3, 0.4) is 0 Å². The minimum Gasteiger partial charge on any atom is -0.493 e. The van der Waals surface area contributed by atoms with Crippen LogP contribution in [0.4, 0.5) is 0 Å². The molecular formula is C15H22N2O3. The van der Waals surface area contributed by atoms with Gasteiger partial charge in [-0.15, -0.1) is 6.58 Å². The van der Waals surface area contributed by atoms with E-state index in [1.165, 1.54) is 0 Å². The fraction of sp³-hybridized carbons (Fsp3) is 0.400. The third-order valence-corrected chi connectivity index (χ3v) is 2.86. The summed E-state index contributed by atoms with van der Waals surface area (Å²) in [6, 6.07) is 5.49. The van der Waals surface area contributed by atoms with Gasteiger partial charge in [0.2, 0.25) is 5.91 Å². The monoisotopic (exact) mass is 278 g/mol. The van der Waals surface area contributed by atoms with Crippen molar-refractivity contribution < 1.29 is 14.3 Å². The molecule has 1 atom stereocenters. The van der Waals surface area contributed by atoms with Crippen LogP contribution in [0, 0.1) is 0 Å². The van der Waals surface area contributed by atoms with E-state index in [9.17, 15) is 4.79 Å². The fourth-order valence-corrected chi connectivity index (χ4v) is 1.79. The maximum absolute atomic E-state index is 11.7. The molecule has 0 aromatic heterocycles. The molecule has 110 valence electrons. The molecule has 0 aliphatic carbocycles. The summed E-state index contributed by atoms with van der Waals surface area (Å²) in [7, 11) is 3.18. The molecule has 0 bridgehead atoms. The predicted molar refractivity (Wildman–Crippen MR) is 79.2 cm³/mol. The molecule has 0 spiro atoms. The molecule has 2 N–H and O–H groups in total. The molecule has 1 aromatic rings. The van der Waals surface area contributed by atoms with E-state index in [0.717, 1.165) is 5.56 Å². The van der Waals surface area contributed by atoms with Crippen LogP contribution in [0.5, 0.6) is 11.5 Å². The van der Waals surface area contributed by atoms with Crippen molar-refractivity contribution in [2.45, 2.75) is 13.0 Å². The van der Waals surface area contributed by atoms with Gasteiger partial charge in [-0.1, -0.05) is 12.1 Å². The maximum Gasteiger partial charge on any atom is 0.234 e. The number of hydrogen-bond acceptors (Lipinski definition) is 4. The third kappa shape index (κ3) is 4.59. The largest absolute Gasteiger partial charge is 0.493 e. The summed E-state index contributed by atoms with van der Waals surface area (Å²) in [5.41, 5.74) is 0.958. The first-order valence-electron chi connectivity index (χ1n) is 6.45. The Balaban J connectivity index is 2.65. The lowest BCUT2D eigenvalue weighted by molar-refractivity contribution is -0.120. The summed E-state index contributed by atoms with van der Waals surface area (Å²) < 4.78 is 10.4. The minimum absolute atomic E-state index is 0.0610. The van der Waals surface area contributed by atoms with Gasteiger partial charge < -0.3 is 20.1 Å². The average Bonchev–Trinajstić information content (AvgIpc) is 2.46. The van der Waals surface area contributed by atoms with Crippen molar-refractivity contribution in [2.75, 3.05) is 27.3 Å². The highest BCUT2D eigenvalue weighted by atomic mass is 16.5. The minimum atomic E-state index is -0.104. The first-order chi connectivity index (χ1) is 9.62.